The van der Waals surface area contributed by atoms with E-state index in [1.54, 1.807) is 24.3 Å². The molecule has 2 aromatic carbocycles. The molecule has 2 aromatic rings. The molecule has 0 saturated carbocycles. The predicted octanol–water partition coefficient (Wildman–Crippen LogP) is 3.56. The number of nitrogens with one attached hydrogen (secondary N) is 1. The van der Waals surface area contributed by atoms with Gasteiger partial charge in [-0.1, -0.05) is 59.3 Å². The average Bonchev–Trinajstić information content (AvgIpc) is 2.74. The van der Waals surface area contributed by atoms with Crippen LogP contribution in [0.15, 0.2) is 82.4 Å². The van der Waals surface area contributed by atoms with Crippen LogP contribution in [-0.4, -0.2) is 31.3 Å². The van der Waals surface area contributed by atoms with Crippen molar-refractivity contribution >= 4 is 15.5 Å². The molecule has 0 radical (unpaired) electrons. The van der Waals surface area contributed by atoms with Crippen LogP contribution in [0.1, 0.15) is 24.8 Å². The summed E-state index contributed by atoms with van der Waals surface area (Å²) in [4.78, 5) is 0.336. The van der Waals surface area contributed by atoms with Gasteiger partial charge in [-0.2, -0.15) is 0 Å². The van der Waals surface area contributed by atoms with E-state index in [1.807, 2.05) is 42.5 Å². The molecule has 2 unspecified atom stereocenters. The number of sulfone groups is 1. The van der Waals surface area contributed by atoms with Crippen LogP contribution in [0, 0.1) is 5.41 Å². The summed E-state index contributed by atoms with van der Waals surface area (Å²) in [5.41, 5.74) is 2.22. The molecule has 1 heterocycles. The van der Waals surface area contributed by atoms with Gasteiger partial charge in [-0.3, -0.25) is 5.32 Å². The second-order valence-electron chi connectivity index (χ2n) is 7.52. The van der Waals surface area contributed by atoms with E-state index < -0.39 is 20.6 Å². The summed E-state index contributed by atoms with van der Waals surface area (Å²) in [6.45, 7) is 0.581. The van der Waals surface area contributed by atoms with Crippen molar-refractivity contribution in [2.75, 3.05) is 6.54 Å². The molecule has 1 fully saturated rings. The van der Waals surface area contributed by atoms with Crippen molar-refractivity contribution in [1.82, 2.24) is 5.32 Å². The van der Waals surface area contributed by atoms with Gasteiger partial charge in [0.2, 0.25) is 0 Å². The Morgan fingerprint density at radius 3 is 2.39 bits per heavy atom. The second kappa shape index (κ2) is 7.53. The Labute approximate surface area is 165 Å². The molecule has 1 aliphatic heterocycles. The lowest BCUT2D eigenvalue weighted by Gasteiger charge is -2.48. The third kappa shape index (κ3) is 3.27. The zero-order valence-corrected chi connectivity index (χ0v) is 16.4. The van der Waals surface area contributed by atoms with E-state index >= 15 is 0 Å². The lowest BCUT2D eigenvalue weighted by atomic mass is 9.65. The van der Waals surface area contributed by atoms with Crippen LogP contribution in [0.25, 0.3) is 0 Å². The molecule has 146 valence electrons. The first-order valence-electron chi connectivity index (χ1n) is 9.54. The number of hydrogen-bond acceptors (Lipinski definition) is 5. The minimum atomic E-state index is -3.59. The molecule has 0 bridgehead atoms. The molecule has 5 nitrogen and oxygen atoms in total. The van der Waals surface area contributed by atoms with E-state index in [0.717, 1.165) is 17.6 Å². The quantitative estimate of drug-likeness (QED) is 0.612. The van der Waals surface area contributed by atoms with Gasteiger partial charge in [-0.15, -0.1) is 0 Å². The summed E-state index contributed by atoms with van der Waals surface area (Å²) in [5.74, 6) is 0. The minimum absolute atomic E-state index is 0.336. The number of rotatable bonds is 4. The summed E-state index contributed by atoms with van der Waals surface area (Å²) < 4.78 is 27.2. The Hall–Kier alpha value is -2.44. The molecule has 1 saturated heterocycles. The van der Waals surface area contributed by atoms with E-state index in [2.05, 4.69) is 10.5 Å². The first kappa shape index (κ1) is 18.9. The van der Waals surface area contributed by atoms with Gasteiger partial charge < -0.3 is 5.21 Å². The number of hydrogen-bond donors (Lipinski definition) is 2. The first-order valence-corrected chi connectivity index (χ1v) is 11.1. The van der Waals surface area contributed by atoms with Crippen LogP contribution in [-0.2, 0) is 16.3 Å². The smallest absolute Gasteiger partial charge is 0.195 e. The van der Waals surface area contributed by atoms with Crippen LogP contribution in [0.3, 0.4) is 0 Å². The lowest BCUT2D eigenvalue weighted by Crippen LogP contribution is -2.57. The molecule has 0 aromatic heterocycles. The maximum absolute atomic E-state index is 13.6. The topological polar surface area (TPSA) is 78.8 Å². The molecule has 28 heavy (non-hydrogen) atoms. The SMILES string of the molecule is O=S(=O)(c1ccccc1)C1NCCC2=CC(=NO)CCC21Cc1ccccc1. The molecular formula is C22H24N2O3S. The summed E-state index contributed by atoms with van der Waals surface area (Å²) in [6.07, 6.45) is 4.45. The van der Waals surface area contributed by atoms with Gasteiger partial charge in [-0.05, 0) is 49.5 Å². The van der Waals surface area contributed by atoms with Crippen LogP contribution in [0.5, 0.6) is 0 Å². The van der Waals surface area contributed by atoms with Gasteiger partial charge in [0.1, 0.15) is 5.37 Å². The van der Waals surface area contributed by atoms with E-state index in [-0.39, 0.29) is 0 Å². The van der Waals surface area contributed by atoms with Crippen LogP contribution in [0.2, 0.25) is 0 Å². The second-order valence-corrected chi connectivity index (χ2v) is 9.55. The van der Waals surface area contributed by atoms with E-state index in [9.17, 15) is 13.6 Å². The molecular weight excluding hydrogens is 372 g/mol. The Morgan fingerprint density at radius 1 is 1.04 bits per heavy atom. The van der Waals surface area contributed by atoms with Crippen LogP contribution < -0.4 is 5.32 Å². The van der Waals surface area contributed by atoms with Crippen molar-refractivity contribution in [2.45, 2.75) is 36.0 Å². The average molecular weight is 397 g/mol. The Morgan fingerprint density at radius 2 is 1.71 bits per heavy atom. The largest absolute Gasteiger partial charge is 0.411 e. The van der Waals surface area contributed by atoms with Crippen molar-refractivity contribution in [3.63, 3.8) is 0 Å². The van der Waals surface area contributed by atoms with E-state index in [1.165, 1.54) is 0 Å². The van der Waals surface area contributed by atoms with Crippen LogP contribution in [0.4, 0.5) is 0 Å². The standard InChI is InChI=1S/C22H24N2O3S/c25-24-19-11-13-22(16-17-7-3-1-4-8-17)18(15-19)12-14-23-21(22)28(26,27)20-9-5-2-6-10-20/h1-10,15,21,23,25H,11-14,16H2. The van der Waals surface area contributed by atoms with Gasteiger partial charge in [-0.25, -0.2) is 8.42 Å². The number of benzene rings is 2. The monoisotopic (exact) mass is 396 g/mol. The van der Waals surface area contributed by atoms with E-state index in [4.69, 9.17) is 0 Å². The number of fused-ring (bicyclic) bond motifs is 1. The van der Waals surface area contributed by atoms with Gasteiger partial charge in [0, 0.05) is 12.0 Å². The van der Waals surface area contributed by atoms with Crippen LogP contribution >= 0.6 is 0 Å². The van der Waals surface area contributed by atoms with Gasteiger partial charge in [0.05, 0.1) is 10.6 Å². The zero-order chi connectivity index (χ0) is 19.6. The highest BCUT2D eigenvalue weighted by molar-refractivity contribution is 7.92. The zero-order valence-electron chi connectivity index (χ0n) is 15.6. The summed E-state index contributed by atoms with van der Waals surface area (Å²) >= 11 is 0. The fourth-order valence-electron chi connectivity index (χ4n) is 4.57. The molecule has 2 aliphatic rings. The van der Waals surface area contributed by atoms with Gasteiger partial charge in [0.25, 0.3) is 0 Å². The van der Waals surface area contributed by atoms with Gasteiger partial charge >= 0.3 is 0 Å². The molecule has 2 atom stereocenters. The number of allylic oxidation sites excluding steroid dienone is 1. The maximum atomic E-state index is 13.6. The number of nitrogens with zero attached hydrogens (tertiary/aromatic N) is 1. The molecule has 1 aliphatic carbocycles. The molecule has 2 N–H and O–H groups in total. The Kier molecular flexibility index (Phi) is 5.08. The lowest BCUT2D eigenvalue weighted by molar-refractivity contribution is 0.234. The molecule has 0 spiro atoms. The Balaban J connectivity index is 1.85. The third-order valence-corrected chi connectivity index (χ3v) is 8.07. The fourth-order valence-corrected chi connectivity index (χ4v) is 6.66. The normalized spacial score (nSPS) is 26.5. The maximum Gasteiger partial charge on any atom is 0.195 e. The fraction of sp³-hybridized carbons (Fsp3) is 0.318. The molecule has 4 rings (SSSR count). The highest BCUT2D eigenvalue weighted by Gasteiger charge is 2.51. The number of oxime groups is 1. The molecule has 6 heteroatoms. The highest BCUT2D eigenvalue weighted by Crippen LogP contribution is 2.49. The summed E-state index contributed by atoms with van der Waals surface area (Å²) in [6, 6.07) is 18.7. The molecule has 0 amide bonds. The highest BCUT2D eigenvalue weighted by atomic mass is 32.2. The van der Waals surface area contributed by atoms with Crippen molar-refractivity contribution < 1.29 is 13.6 Å². The van der Waals surface area contributed by atoms with Crippen molar-refractivity contribution in [2.24, 2.45) is 10.6 Å². The van der Waals surface area contributed by atoms with E-state index in [0.29, 0.717) is 36.4 Å². The third-order valence-electron chi connectivity index (χ3n) is 5.91. The van der Waals surface area contributed by atoms with Crippen molar-refractivity contribution in [3.05, 3.63) is 77.9 Å². The number of piperidine rings is 1. The van der Waals surface area contributed by atoms with Crippen molar-refractivity contribution in [3.8, 4) is 0 Å². The summed E-state index contributed by atoms with van der Waals surface area (Å²) in [5, 5.41) is 15.3. The Bertz CT molecular complexity index is 1000. The van der Waals surface area contributed by atoms with Crippen molar-refractivity contribution in [1.29, 1.82) is 0 Å². The summed E-state index contributed by atoms with van der Waals surface area (Å²) in [7, 11) is -3.59. The van der Waals surface area contributed by atoms with Gasteiger partial charge in [0.15, 0.2) is 9.84 Å². The first-order chi connectivity index (χ1) is 13.6. The predicted molar refractivity (Wildman–Crippen MR) is 109 cm³/mol. The minimum Gasteiger partial charge on any atom is -0.411 e.